The van der Waals surface area contributed by atoms with Gasteiger partial charge in [0.05, 0.1) is 31.2 Å². The topological polar surface area (TPSA) is 171 Å². The lowest BCUT2D eigenvalue weighted by Crippen LogP contribution is -2.58. The molecule has 2 aliphatic heterocycles. The molecule has 4 amide bonds. The number of likely N-dealkylation sites (tertiary alicyclic amines) is 1. The van der Waals surface area contributed by atoms with Gasteiger partial charge in [-0.15, -0.1) is 0 Å². The summed E-state index contributed by atoms with van der Waals surface area (Å²) in [6, 6.07) is 21.9. The Bertz CT molecular complexity index is 2740. The number of ether oxygens (including phenoxy) is 2. The Balaban J connectivity index is 0.844. The standard InChI is InChI=1S/C51H53ClFN7O8S/c1-50(2,3)45(47(64)58-28-36(61)24-42(58)46(63)56-26-31-9-11-33(12-10-31)43-27-55-30-68-43)57-44(62)29-66-21-7-8-22-67-37-18-19-38(40(53)25-37)32-13-15-34(16-14-32)60-49(69)59(48(65)51(60,4)5)35-17-20-41(54-6)39(52)23-35/h9-20,23,25,27,30,36,42,45,61H,7-8,21-22,24,26,28-29H2,1-5H3,(H,56,63)(H,57,62)/t36-,42+,45-/m1/s1. The molecule has 3 N–H and O–H groups in total. The Morgan fingerprint density at radius 3 is 2.36 bits per heavy atom. The zero-order chi connectivity index (χ0) is 49.6. The minimum Gasteiger partial charge on any atom is -0.493 e. The van der Waals surface area contributed by atoms with Crippen LogP contribution in [0.3, 0.4) is 0 Å². The van der Waals surface area contributed by atoms with Gasteiger partial charge in [-0.3, -0.25) is 24.1 Å². The maximum atomic E-state index is 15.5. The van der Waals surface area contributed by atoms with E-state index in [-0.39, 0.29) is 61.1 Å². The van der Waals surface area contributed by atoms with E-state index in [9.17, 15) is 24.3 Å². The third-order valence-electron chi connectivity index (χ3n) is 12.0. The monoisotopic (exact) mass is 977 g/mol. The van der Waals surface area contributed by atoms with Gasteiger partial charge in [-0.25, -0.2) is 14.2 Å². The molecule has 0 unspecified atom stereocenters. The number of hydrogen-bond acceptors (Lipinski definition) is 10. The number of aliphatic hydroxyl groups excluding tert-OH is 1. The molecule has 0 bridgehead atoms. The molecule has 1 aromatic heterocycles. The van der Waals surface area contributed by atoms with Crippen LogP contribution in [-0.2, 0) is 30.5 Å². The largest absolute Gasteiger partial charge is 0.493 e. The van der Waals surface area contributed by atoms with Crippen LogP contribution in [0.15, 0.2) is 102 Å². The van der Waals surface area contributed by atoms with Crippen LogP contribution in [-0.4, -0.2) is 93.8 Å². The summed E-state index contributed by atoms with van der Waals surface area (Å²) in [6.45, 7) is 16.6. The van der Waals surface area contributed by atoms with Crippen molar-refractivity contribution in [2.24, 2.45) is 5.41 Å². The highest BCUT2D eigenvalue weighted by molar-refractivity contribution is 7.81. The summed E-state index contributed by atoms with van der Waals surface area (Å²) in [5.74, 6) is -1.17. The second-order valence-electron chi connectivity index (χ2n) is 18.4. The van der Waals surface area contributed by atoms with Crippen LogP contribution in [0.1, 0.15) is 59.4 Å². The van der Waals surface area contributed by atoms with E-state index in [1.165, 1.54) is 22.3 Å². The summed E-state index contributed by atoms with van der Waals surface area (Å²) in [7, 11) is 0. The van der Waals surface area contributed by atoms with Gasteiger partial charge in [0.2, 0.25) is 23.4 Å². The van der Waals surface area contributed by atoms with Crippen LogP contribution in [0.25, 0.3) is 27.3 Å². The maximum Gasteiger partial charge on any atom is 0.259 e. The first-order valence-corrected chi connectivity index (χ1v) is 23.2. The van der Waals surface area contributed by atoms with Gasteiger partial charge in [0, 0.05) is 54.0 Å². The number of benzene rings is 4. The normalized spacial score (nSPS) is 17.2. The van der Waals surface area contributed by atoms with Crippen molar-refractivity contribution in [1.29, 1.82) is 0 Å². The van der Waals surface area contributed by atoms with E-state index in [4.69, 9.17) is 44.3 Å². The second kappa shape index (κ2) is 21.3. The van der Waals surface area contributed by atoms with Gasteiger partial charge in [0.25, 0.3) is 5.91 Å². The molecule has 0 aliphatic carbocycles. The van der Waals surface area contributed by atoms with E-state index in [0.717, 1.165) is 11.1 Å². The highest BCUT2D eigenvalue weighted by atomic mass is 35.5. The molecule has 69 heavy (non-hydrogen) atoms. The number of oxazole rings is 1. The maximum absolute atomic E-state index is 15.5. The van der Waals surface area contributed by atoms with Gasteiger partial charge in [-0.05, 0) is 91.8 Å². The van der Waals surface area contributed by atoms with E-state index in [1.807, 2.05) is 24.3 Å². The molecule has 18 heteroatoms. The number of carbonyl (C=O) groups excluding carboxylic acids is 4. The van der Waals surface area contributed by atoms with Crippen molar-refractivity contribution in [3.63, 3.8) is 0 Å². The zero-order valence-corrected chi connectivity index (χ0v) is 40.4. The number of carbonyl (C=O) groups is 4. The first-order chi connectivity index (χ1) is 32.9. The second-order valence-corrected chi connectivity index (χ2v) is 19.2. The number of rotatable bonds is 17. The fourth-order valence-corrected chi connectivity index (χ4v) is 8.97. The number of nitrogens with zero attached hydrogens (tertiary/aromatic N) is 5. The molecular weight excluding hydrogens is 925 g/mol. The minimum absolute atomic E-state index is 0.0477. The fourth-order valence-electron chi connectivity index (χ4n) is 8.23. The number of β-amino-alcohol motifs (C(OH)–C–C–N with tert-alkyl or cyclic N) is 1. The number of amides is 4. The van der Waals surface area contributed by atoms with E-state index in [2.05, 4.69) is 20.5 Å². The molecule has 3 heterocycles. The third-order valence-corrected chi connectivity index (χ3v) is 12.6. The van der Waals surface area contributed by atoms with Gasteiger partial charge < -0.3 is 39.4 Å². The van der Waals surface area contributed by atoms with Crippen LogP contribution in [0, 0.1) is 17.8 Å². The average Bonchev–Trinajstić information content (AvgIpc) is 4.04. The lowest BCUT2D eigenvalue weighted by molar-refractivity contribution is -0.144. The fraction of sp³-hybridized carbons (Fsp3) is 0.353. The van der Waals surface area contributed by atoms with Gasteiger partial charge in [-0.2, -0.15) is 0 Å². The van der Waals surface area contributed by atoms with E-state index in [1.54, 1.807) is 100 Å². The predicted octanol–water partition coefficient (Wildman–Crippen LogP) is 8.25. The number of nitrogens with one attached hydrogen (secondary N) is 2. The molecule has 0 radical (unpaired) electrons. The number of anilines is 2. The Hall–Kier alpha value is -6.71. The molecule has 2 saturated heterocycles. The number of thiocarbonyl (C=S) groups is 1. The predicted molar refractivity (Wildman–Crippen MR) is 263 cm³/mol. The van der Waals surface area contributed by atoms with Gasteiger partial charge in [0.1, 0.15) is 35.8 Å². The van der Waals surface area contributed by atoms with Crippen molar-refractivity contribution in [1.82, 2.24) is 20.5 Å². The molecule has 2 aliphatic rings. The first-order valence-electron chi connectivity index (χ1n) is 22.4. The van der Waals surface area contributed by atoms with Crippen molar-refractivity contribution >= 4 is 69.6 Å². The molecular formula is C51H53ClFN7O8S. The summed E-state index contributed by atoms with van der Waals surface area (Å²) in [6.07, 6.45) is 3.22. The molecule has 0 spiro atoms. The third kappa shape index (κ3) is 11.4. The van der Waals surface area contributed by atoms with Crippen molar-refractivity contribution in [3.05, 3.63) is 125 Å². The minimum atomic E-state index is -1.04. The molecule has 3 atom stereocenters. The molecule has 0 saturated carbocycles. The summed E-state index contributed by atoms with van der Waals surface area (Å²) in [5, 5.41) is 16.7. The van der Waals surface area contributed by atoms with Crippen LogP contribution in [0.4, 0.5) is 21.5 Å². The van der Waals surface area contributed by atoms with Crippen molar-refractivity contribution < 1.29 is 42.6 Å². The molecule has 15 nitrogen and oxygen atoms in total. The number of hydrogen-bond donors (Lipinski definition) is 3. The number of unbranched alkanes of at least 4 members (excludes halogenated alkanes) is 1. The van der Waals surface area contributed by atoms with E-state index >= 15 is 4.39 Å². The first kappa shape index (κ1) is 50.2. The van der Waals surface area contributed by atoms with Crippen LogP contribution in [0.5, 0.6) is 5.75 Å². The van der Waals surface area contributed by atoms with Crippen molar-refractivity contribution in [2.45, 2.75) is 84.2 Å². The molecule has 360 valence electrons. The van der Waals surface area contributed by atoms with Gasteiger partial charge >= 0.3 is 0 Å². The SMILES string of the molecule is [C-]#[N+]c1ccc(N2C(=O)C(C)(C)N(c3ccc(-c4ccc(OCCCCOCC(=O)N[C@H](C(=O)N5C[C@H](O)C[C@H]5C(=O)NCc5ccc(-c6cnco6)cc5)C(C)(C)C)cc4F)cc3)C2=S)cc1Cl. The summed E-state index contributed by atoms with van der Waals surface area (Å²) >= 11 is 12.1. The number of aliphatic hydroxyl groups is 1. The molecule has 4 aromatic carbocycles. The Morgan fingerprint density at radius 1 is 1.01 bits per heavy atom. The van der Waals surface area contributed by atoms with Crippen LogP contribution in [0.2, 0.25) is 5.02 Å². The van der Waals surface area contributed by atoms with E-state index < -0.39 is 52.7 Å². The lowest BCUT2D eigenvalue weighted by Gasteiger charge is -2.35. The number of halogens is 2. The summed E-state index contributed by atoms with van der Waals surface area (Å²) < 4.78 is 32.2. The Morgan fingerprint density at radius 2 is 1.71 bits per heavy atom. The summed E-state index contributed by atoms with van der Waals surface area (Å²) in [4.78, 5) is 65.8. The molecule has 7 rings (SSSR count). The quantitative estimate of drug-likeness (QED) is 0.0466. The van der Waals surface area contributed by atoms with Crippen LogP contribution < -0.4 is 25.2 Å². The van der Waals surface area contributed by atoms with Crippen molar-refractivity contribution in [3.8, 4) is 28.2 Å². The summed E-state index contributed by atoms with van der Waals surface area (Å²) in [5.41, 5.74) is 2.21. The van der Waals surface area contributed by atoms with Crippen LogP contribution >= 0.6 is 23.8 Å². The smallest absolute Gasteiger partial charge is 0.259 e. The van der Waals surface area contributed by atoms with E-state index in [0.29, 0.717) is 46.9 Å². The number of aromatic nitrogens is 1. The highest BCUT2D eigenvalue weighted by Gasteiger charge is 2.50. The highest BCUT2D eigenvalue weighted by Crippen LogP contribution is 2.39. The Kier molecular flexibility index (Phi) is 15.5. The van der Waals surface area contributed by atoms with Gasteiger partial charge in [-0.1, -0.05) is 74.8 Å². The van der Waals surface area contributed by atoms with Crippen molar-refractivity contribution in [2.75, 3.05) is 36.2 Å². The zero-order valence-electron chi connectivity index (χ0n) is 38.8. The molecule has 5 aromatic rings. The van der Waals surface area contributed by atoms with Gasteiger partial charge in [0.15, 0.2) is 17.3 Å². The average molecular weight is 979 g/mol. The Labute approximate surface area is 410 Å². The lowest BCUT2D eigenvalue weighted by atomic mass is 9.85. The molecule has 2 fully saturated rings.